The van der Waals surface area contributed by atoms with Gasteiger partial charge in [0.2, 0.25) is 5.91 Å². The molecule has 0 atom stereocenters. The number of rotatable bonds is 7. The summed E-state index contributed by atoms with van der Waals surface area (Å²) in [4.78, 5) is 15.2. The van der Waals surface area contributed by atoms with Gasteiger partial charge in [0.1, 0.15) is 0 Å². The number of amides is 1. The Labute approximate surface area is 175 Å². The lowest BCUT2D eigenvalue weighted by Gasteiger charge is -2.36. The molecule has 4 nitrogen and oxygen atoms in total. The second kappa shape index (κ2) is 9.55. The molecule has 156 valence electrons. The third kappa shape index (κ3) is 5.68. The molecule has 0 spiro atoms. The highest BCUT2D eigenvalue weighted by atomic mass is 16.5. The van der Waals surface area contributed by atoms with Gasteiger partial charge in [-0.2, -0.15) is 0 Å². The van der Waals surface area contributed by atoms with Gasteiger partial charge in [-0.1, -0.05) is 53.6 Å². The van der Waals surface area contributed by atoms with Crippen molar-refractivity contribution in [3.63, 3.8) is 0 Å². The van der Waals surface area contributed by atoms with Crippen molar-refractivity contribution < 1.29 is 9.53 Å². The molecule has 0 saturated carbocycles. The molecule has 1 fully saturated rings. The Morgan fingerprint density at radius 1 is 1.00 bits per heavy atom. The number of likely N-dealkylation sites (N-methyl/N-ethyl adjacent to an activating group) is 1. The van der Waals surface area contributed by atoms with Crippen LogP contribution in [0.15, 0.2) is 42.5 Å². The number of carbonyl (C=O) groups is 1. The topological polar surface area (TPSA) is 41.6 Å². The van der Waals surface area contributed by atoms with Crippen LogP contribution in [0.5, 0.6) is 0 Å². The lowest BCUT2D eigenvalue weighted by molar-refractivity contribution is -0.136. The number of aryl methyl sites for hydroxylation is 2. The normalized spacial score (nSPS) is 16.0. The van der Waals surface area contributed by atoms with Crippen molar-refractivity contribution in [1.82, 2.24) is 10.2 Å². The van der Waals surface area contributed by atoms with E-state index in [1.807, 2.05) is 14.1 Å². The molecule has 29 heavy (non-hydrogen) atoms. The van der Waals surface area contributed by atoms with Gasteiger partial charge in [0.15, 0.2) is 0 Å². The monoisotopic (exact) mass is 394 g/mol. The molecule has 0 bridgehead atoms. The predicted octanol–water partition coefficient (Wildman–Crippen LogP) is 3.99. The Morgan fingerprint density at radius 2 is 1.62 bits per heavy atom. The summed E-state index contributed by atoms with van der Waals surface area (Å²) in [7, 11) is 4.04. The van der Waals surface area contributed by atoms with Gasteiger partial charge in [-0.3, -0.25) is 4.79 Å². The summed E-state index contributed by atoms with van der Waals surface area (Å²) in [5.41, 5.74) is 5.86. The average molecular weight is 395 g/mol. The molecule has 1 N–H and O–H groups in total. The van der Waals surface area contributed by atoms with Gasteiger partial charge in [0, 0.05) is 26.3 Å². The summed E-state index contributed by atoms with van der Waals surface area (Å²) in [6.07, 6.45) is 2.32. The molecule has 1 aliphatic heterocycles. The van der Waals surface area contributed by atoms with Gasteiger partial charge in [-0.15, -0.1) is 0 Å². The first-order chi connectivity index (χ1) is 13.9. The van der Waals surface area contributed by atoms with E-state index in [1.54, 1.807) is 0 Å². The van der Waals surface area contributed by atoms with E-state index in [9.17, 15) is 4.79 Å². The van der Waals surface area contributed by atoms with E-state index in [2.05, 4.69) is 66.5 Å². The third-order valence-corrected chi connectivity index (χ3v) is 5.83. The number of ether oxygens (including phenoxy) is 1. The SMILES string of the molecule is Cc1cc(C)cc(-c2ccc(CC3(C(=O)NCCN(C)C)CCOCC3)cc2)c1. The molecule has 3 rings (SSSR count). The molecular formula is C25H34N2O2. The van der Waals surface area contributed by atoms with E-state index >= 15 is 0 Å². The molecule has 1 amide bonds. The van der Waals surface area contributed by atoms with Crippen molar-refractivity contribution >= 4 is 5.91 Å². The smallest absolute Gasteiger partial charge is 0.226 e. The van der Waals surface area contributed by atoms with E-state index in [0.717, 1.165) is 25.8 Å². The molecule has 0 aliphatic carbocycles. The van der Waals surface area contributed by atoms with Gasteiger partial charge in [-0.25, -0.2) is 0 Å². The molecule has 1 aliphatic rings. The van der Waals surface area contributed by atoms with E-state index in [0.29, 0.717) is 19.8 Å². The molecular weight excluding hydrogens is 360 g/mol. The highest BCUT2D eigenvalue weighted by Gasteiger charge is 2.39. The van der Waals surface area contributed by atoms with Crippen LogP contribution in [0, 0.1) is 19.3 Å². The third-order valence-electron chi connectivity index (χ3n) is 5.83. The average Bonchev–Trinajstić information content (AvgIpc) is 2.68. The van der Waals surface area contributed by atoms with Crippen LogP contribution in [0.2, 0.25) is 0 Å². The molecule has 0 unspecified atom stereocenters. The Morgan fingerprint density at radius 3 is 2.21 bits per heavy atom. The van der Waals surface area contributed by atoms with Crippen molar-refractivity contribution in [1.29, 1.82) is 0 Å². The number of benzene rings is 2. The second-order valence-corrected chi connectivity index (χ2v) is 8.70. The van der Waals surface area contributed by atoms with Gasteiger partial charge < -0.3 is 15.0 Å². The number of nitrogens with one attached hydrogen (secondary N) is 1. The van der Waals surface area contributed by atoms with Crippen molar-refractivity contribution in [2.24, 2.45) is 5.41 Å². The van der Waals surface area contributed by atoms with Gasteiger partial charge >= 0.3 is 0 Å². The van der Waals surface area contributed by atoms with Crippen LogP contribution in [-0.4, -0.2) is 51.2 Å². The van der Waals surface area contributed by atoms with Crippen LogP contribution in [0.25, 0.3) is 11.1 Å². The second-order valence-electron chi connectivity index (χ2n) is 8.70. The van der Waals surface area contributed by atoms with Crippen LogP contribution in [0.4, 0.5) is 0 Å². The lowest BCUT2D eigenvalue weighted by atomic mass is 9.74. The summed E-state index contributed by atoms with van der Waals surface area (Å²) in [5, 5.41) is 3.16. The first-order valence-corrected chi connectivity index (χ1v) is 10.6. The van der Waals surface area contributed by atoms with Gasteiger partial charge in [0.05, 0.1) is 5.41 Å². The number of hydrogen-bond acceptors (Lipinski definition) is 3. The maximum Gasteiger partial charge on any atom is 0.226 e. The molecule has 0 radical (unpaired) electrons. The van der Waals surface area contributed by atoms with E-state index in [1.165, 1.54) is 27.8 Å². The molecule has 2 aromatic rings. The zero-order chi connectivity index (χ0) is 20.9. The Bertz CT molecular complexity index is 801. The van der Waals surface area contributed by atoms with Crippen LogP contribution in [0.3, 0.4) is 0 Å². The largest absolute Gasteiger partial charge is 0.381 e. The minimum Gasteiger partial charge on any atom is -0.381 e. The van der Waals surface area contributed by atoms with Crippen LogP contribution < -0.4 is 5.32 Å². The van der Waals surface area contributed by atoms with Crippen molar-refractivity contribution in [2.75, 3.05) is 40.4 Å². The van der Waals surface area contributed by atoms with Crippen LogP contribution >= 0.6 is 0 Å². The fourth-order valence-electron chi connectivity index (χ4n) is 4.17. The molecule has 4 heteroatoms. The molecule has 1 heterocycles. The molecule has 2 aromatic carbocycles. The Kier molecular flexibility index (Phi) is 7.09. The predicted molar refractivity (Wildman–Crippen MR) is 119 cm³/mol. The van der Waals surface area contributed by atoms with Gasteiger partial charge in [-0.05, 0) is 63.9 Å². The Balaban J connectivity index is 1.74. The highest BCUT2D eigenvalue weighted by molar-refractivity contribution is 5.83. The van der Waals surface area contributed by atoms with Gasteiger partial charge in [0.25, 0.3) is 0 Å². The minimum atomic E-state index is -0.369. The lowest BCUT2D eigenvalue weighted by Crippen LogP contribution is -2.47. The Hall–Kier alpha value is -2.17. The zero-order valence-corrected chi connectivity index (χ0v) is 18.3. The highest BCUT2D eigenvalue weighted by Crippen LogP contribution is 2.35. The summed E-state index contributed by atoms with van der Waals surface area (Å²) in [5.74, 6) is 0.168. The summed E-state index contributed by atoms with van der Waals surface area (Å²) >= 11 is 0. The number of carbonyl (C=O) groups excluding carboxylic acids is 1. The van der Waals surface area contributed by atoms with Crippen molar-refractivity contribution in [3.05, 3.63) is 59.2 Å². The van der Waals surface area contributed by atoms with Crippen LogP contribution in [-0.2, 0) is 16.0 Å². The molecule has 1 saturated heterocycles. The fraction of sp³-hybridized carbons (Fsp3) is 0.480. The number of nitrogens with zero attached hydrogens (tertiary/aromatic N) is 1. The summed E-state index contributed by atoms with van der Waals surface area (Å²) < 4.78 is 5.57. The van der Waals surface area contributed by atoms with Crippen LogP contribution in [0.1, 0.15) is 29.5 Å². The maximum absolute atomic E-state index is 13.1. The van der Waals surface area contributed by atoms with E-state index in [4.69, 9.17) is 4.74 Å². The minimum absolute atomic E-state index is 0.168. The van der Waals surface area contributed by atoms with Crippen molar-refractivity contribution in [2.45, 2.75) is 33.1 Å². The fourth-order valence-corrected chi connectivity index (χ4v) is 4.17. The zero-order valence-electron chi connectivity index (χ0n) is 18.3. The maximum atomic E-state index is 13.1. The van der Waals surface area contributed by atoms with E-state index in [-0.39, 0.29) is 11.3 Å². The first-order valence-electron chi connectivity index (χ1n) is 10.6. The standard InChI is InChI=1S/C25H34N2O2/c1-19-15-20(2)17-23(16-19)22-7-5-21(6-8-22)18-25(9-13-29-14-10-25)24(28)26-11-12-27(3)4/h5-8,15-17H,9-14,18H2,1-4H3,(H,26,28). The molecule has 0 aromatic heterocycles. The van der Waals surface area contributed by atoms with Crippen molar-refractivity contribution in [3.8, 4) is 11.1 Å². The summed E-state index contributed by atoms with van der Waals surface area (Å²) in [6, 6.07) is 15.4. The quantitative estimate of drug-likeness (QED) is 0.772. The number of hydrogen-bond donors (Lipinski definition) is 1. The first kappa shape index (κ1) is 21.5. The van der Waals surface area contributed by atoms with E-state index < -0.39 is 0 Å². The summed E-state index contributed by atoms with van der Waals surface area (Å²) in [6.45, 7) is 7.11.